The summed E-state index contributed by atoms with van der Waals surface area (Å²) in [6.07, 6.45) is 3.29. The number of amides is 2. The second kappa shape index (κ2) is 6.47. The second-order valence-corrected chi connectivity index (χ2v) is 4.61. The number of nitrogens with zero attached hydrogens (tertiary/aromatic N) is 2. The lowest BCUT2D eigenvalue weighted by Gasteiger charge is -2.33. The number of carboxylic acids is 1. The Balaban J connectivity index is 2.53. The summed E-state index contributed by atoms with van der Waals surface area (Å²) in [5.41, 5.74) is 0. The minimum Gasteiger partial charge on any atom is -0.481 e. The molecular weight excluding hydrogens is 220 g/mol. The molecule has 1 atom stereocenters. The first-order valence-electron chi connectivity index (χ1n) is 6.33. The zero-order valence-corrected chi connectivity index (χ0v) is 10.7. The number of carbonyl (C=O) groups excluding carboxylic acids is 1. The lowest BCUT2D eigenvalue weighted by molar-refractivity contribution is -0.141. The van der Waals surface area contributed by atoms with Gasteiger partial charge in [-0.25, -0.2) is 4.79 Å². The Kier molecular flexibility index (Phi) is 5.25. The average Bonchev–Trinajstić information content (AvgIpc) is 2.35. The van der Waals surface area contributed by atoms with Crippen molar-refractivity contribution in [1.29, 1.82) is 0 Å². The van der Waals surface area contributed by atoms with E-state index in [0.717, 1.165) is 25.9 Å². The fraction of sp³-hybridized carbons (Fsp3) is 0.833. The molecule has 1 aliphatic rings. The largest absolute Gasteiger partial charge is 0.481 e. The van der Waals surface area contributed by atoms with Crippen molar-refractivity contribution in [2.75, 3.05) is 26.2 Å². The number of likely N-dealkylation sites (tertiary alicyclic amines) is 1. The Hall–Kier alpha value is -1.26. The van der Waals surface area contributed by atoms with Crippen molar-refractivity contribution in [2.24, 2.45) is 5.92 Å². The number of piperidine rings is 1. The van der Waals surface area contributed by atoms with Crippen LogP contribution in [0.25, 0.3) is 0 Å². The molecule has 5 nitrogen and oxygen atoms in total. The molecule has 0 aliphatic carbocycles. The van der Waals surface area contributed by atoms with Crippen molar-refractivity contribution in [3.05, 3.63) is 0 Å². The van der Waals surface area contributed by atoms with Crippen LogP contribution in [0, 0.1) is 5.92 Å². The lowest BCUT2D eigenvalue weighted by atomic mass is 10.1. The molecule has 0 bridgehead atoms. The summed E-state index contributed by atoms with van der Waals surface area (Å²) in [6.45, 7) is 5.98. The molecule has 17 heavy (non-hydrogen) atoms. The van der Waals surface area contributed by atoms with Crippen molar-refractivity contribution in [3.8, 4) is 0 Å². The highest BCUT2D eigenvalue weighted by Gasteiger charge is 2.24. The predicted molar refractivity (Wildman–Crippen MR) is 64.9 cm³/mol. The highest BCUT2D eigenvalue weighted by molar-refractivity contribution is 5.76. The third-order valence-electron chi connectivity index (χ3n) is 3.19. The summed E-state index contributed by atoms with van der Waals surface area (Å²) >= 11 is 0. The SMILES string of the molecule is CCN(CC(C)C(=O)O)C(=O)N1CCCCC1. The van der Waals surface area contributed by atoms with Crippen molar-refractivity contribution in [2.45, 2.75) is 33.1 Å². The highest BCUT2D eigenvalue weighted by atomic mass is 16.4. The fourth-order valence-corrected chi connectivity index (χ4v) is 2.04. The van der Waals surface area contributed by atoms with E-state index in [4.69, 9.17) is 5.11 Å². The van der Waals surface area contributed by atoms with Gasteiger partial charge in [-0.2, -0.15) is 0 Å². The van der Waals surface area contributed by atoms with E-state index in [2.05, 4.69) is 0 Å². The molecule has 1 saturated heterocycles. The first-order chi connectivity index (χ1) is 8.06. The third kappa shape index (κ3) is 3.91. The molecule has 1 fully saturated rings. The zero-order valence-electron chi connectivity index (χ0n) is 10.7. The van der Waals surface area contributed by atoms with E-state index in [1.54, 1.807) is 11.8 Å². The van der Waals surface area contributed by atoms with Crippen LogP contribution in [-0.2, 0) is 4.79 Å². The van der Waals surface area contributed by atoms with E-state index in [1.807, 2.05) is 11.8 Å². The molecule has 1 aliphatic heterocycles. The number of carbonyl (C=O) groups is 2. The predicted octanol–water partition coefficient (Wildman–Crippen LogP) is 1.63. The minimum atomic E-state index is -0.852. The highest BCUT2D eigenvalue weighted by Crippen LogP contribution is 2.12. The van der Waals surface area contributed by atoms with Crippen LogP contribution in [0.5, 0.6) is 0 Å². The molecular formula is C12H22N2O3. The van der Waals surface area contributed by atoms with Gasteiger partial charge in [0.25, 0.3) is 0 Å². The molecule has 98 valence electrons. The van der Waals surface area contributed by atoms with Gasteiger partial charge in [0.05, 0.1) is 5.92 Å². The summed E-state index contributed by atoms with van der Waals surface area (Å²) in [5.74, 6) is -1.36. The van der Waals surface area contributed by atoms with Gasteiger partial charge in [-0.1, -0.05) is 6.92 Å². The maximum Gasteiger partial charge on any atom is 0.320 e. The number of aliphatic carboxylic acids is 1. The van der Waals surface area contributed by atoms with Crippen LogP contribution in [0.1, 0.15) is 33.1 Å². The van der Waals surface area contributed by atoms with Crippen LogP contribution in [0.15, 0.2) is 0 Å². The van der Waals surface area contributed by atoms with Gasteiger partial charge in [-0.05, 0) is 26.2 Å². The van der Waals surface area contributed by atoms with Crippen molar-refractivity contribution >= 4 is 12.0 Å². The minimum absolute atomic E-state index is 0.0136. The average molecular weight is 242 g/mol. The van der Waals surface area contributed by atoms with Gasteiger partial charge >= 0.3 is 12.0 Å². The number of hydrogen-bond acceptors (Lipinski definition) is 2. The van der Waals surface area contributed by atoms with E-state index in [1.165, 1.54) is 6.42 Å². The molecule has 1 N–H and O–H groups in total. The number of hydrogen-bond donors (Lipinski definition) is 1. The van der Waals surface area contributed by atoms with E-state index in [0.29, 0.717) is 13.1 Å². The Morgan fingerprint density at radius 2 is 1.88 bits per heavy atom. The maximum absolute atomic E-state index is 12.1. The first-order valence-corrected chi connectivity index (χ1v) is 6.33. The summed E-state index contributed by atoms with van der Waals surface area (Å²) in [7, 11) is 0. The van der Waals surface area contributed by atoms with E-state index in [-0.39, 0.29) is 6.03 Å². The lowest BCUT2D eigenvalue weighted by Crippen LogP contribution is -2.47. The van der Waals surface area contributed by atoms with Crippen molar-refractivity contribution in [1.82, 2.24) is 9.80 Å². The molecule has 0 spiro atoms. The Labute approximate surface area is 102 Å². The molecule has 0 radical (unpaired) electrons. The molecule has 5 heteroatoms. The molecule has 0 aromatic rings. The molecule has 1 unspecified atom stereocenters. The van der Waals surface area contributed by atoms with Crippen LogP contribution in [0.3, 0.4) is 0 Å². The number of carboxylic acid groups (broad SMARTS) is 1. The summed E-state index contributed by atoms with van der Waals surface area (Å²) in [6, 6.07) is -0.0136. The van der Waals surface area contributed by atoms with Gasteiger partial charge in [-0.3, -0.25) is 4.79 Å². The van der Waals surface area contributed by atoms with Crippen LogP contribution < -0.4 is 0 Å². The van der Waals surface area contributed by atoms with Crippen LogP contribution in [-0.4, -0.2) is 53.1 Å². The van der Waals surface area contributed by atoms with Crippen molar-refractivity contribution < 1.29 is 14.7 Å². The van der Waals surface area contributed by atoms with Crippen LogP contribution in [0.4, 0.5) is 4.79 Å². The van der Waals surface area contributed by atoms with Gasteiger partial charge in [-0.15, -0.1) is 0 Å². The second-order valence-electron chi connectivity index (χ2n) is 4.61. The van der Waals surface area contributed by atoms with Gasteiger partial charge in [0.1, 0.15) is 0 Å². The van der Waals surface area contributed by atoms with Crippen molar-refractivity contribution in [3.63, 3.8) is 0 Å². The molecule has 1 rings (SSSR count). The summed E-state index contributed by atoms with van der Waals surface area (Å²) < 4.78 is 0. The summed E-state index contributed by atoms with van der Waals surface area (Å²) in [4.78, 5) is 26.4. The number of urea groups is 1. The molecule has 0 aromatic carbocycles. The zero-order chi connectivity index (χ0) is 12.8. The molecule has 0 saturated carbocycles. The quantitative estimate of drug-likeness (QED) is 0.815. The molecule has 1 heterocycles. The van der Waals surface area contributed by atoms with Gasteiger partial charge in [0, 0.05) is 26.2 Å². The van der Waals surface area contributed by atoms with E-state index in [9.17, 15) is 9.59 Å². The number of rotatable bonds is 4. The van der Waals surface area contributed by atoms with E-state index >= 15 is 0 Å². The fourth-order valence-electron chi connectivity index (χ4n) is 2.04. The Morgan fingerprint density at radius 3 is 2.35 bits per heavy atom. The topological polar surface area (TPSA) is 60.9 Å². The monoisotopic (exact) mass is 242 g/mol. The van der Waals surface area contributed by atoms with Gasteiger partial charge in [0.15, 0.2) is 0 Å². The van der Waals surface area contributed by atoms with Gasteiger partial charge in [0.2, 0.25) is 0 Å². The summed E-state index contributed by atoms with van der Waals surface area (Å²) in [5, 5.41) is 8.87. The molecule has 2 amide bonds. The third-order valence-corrected chi connectivity index (χ3v) is 3.19. The normalized spacial score (nSPS) is 17.6. The first kappa shape index (κ1) is 13.8. The van der Waals surface area contributed by atoms with Crippen LogP contribution >= 0.6 is 0 Å². The van der Waals surface area contributed by atoms with Gasteiger partial charge < -0.3 is 14.9 Å². The van der Waals surface area contributed by atoms with Crippen LogP contribution in [0.2, 0.25) is 0 Å². The smallest absolute Gasteiger partial charge is 0.320 e. The standard InChI is InChI=1S/C12H22N2O3/c1-3-13(9-10(2)11(15)16)12(17)14-7-5-4-6-8-14/h10H,3-9H2,1-2H3,(H,15,16). The Bertz CT molecular complexity index is 275. The Morgan fingerprint density at radius 1 is 1.29 bits per heavy atom. The maximum atomic E-state index is 12.1. The van der Waals surface area contributed by atoms with E-state index < -0.39 is 11.9 Å². The molecule has 0 aromatic heterocycles.